The zero-order valence-electron chi connectivity index (χ0n) is 6.96. The van der Waals surface area contributed by atoms with E-state index in [4.69, 9.17) is 5.73 Å². The highest BCUT2D eigenvalue weighted by atomic mass is 16.1. The summed E-state index contributed by atoms with van der Waals surface area (Å²) in [7, 11) is 0. The highest BCUT2D eigenvalue weighted by molar-refractivity contribution is 5.86. The summed E-state index contributed by atoms with van der Waals surface area (Å²) in [5, 5.41) is 2.46. The normalized spacial score (nSPS) is 9.50. The van der Waals surface area contributed by atoms with Crippen LogP contribution in [0.2, 0.25) is 0 Å². The van der Waals surface area contributed by atoms with Crippen LogP contribution in [0.4, 0.5) is 11.6 Å². The Labute approximate surface area is 70.0 Å². The first kappa shape index (κ1) is 8.45. The fraction of sp³-hybridized carbons (Fsp3) is 0.286. The van der Waals surface area contributed by atoms with E-state index in [2.05, 4.69) is 15.3 Å². The van der Waals surface area contributed by atoms with Crippen LogP contribution >= 0.6 is 0 Å². The maximum absolute atomic E-state index is 10.6. The number of nitrogen functional groups attached to an aromatic ring is 1. The van der Waals surface area contributed by atoms with E-state index in [0.29, 0.717) is 11.4 Å². The molecule has 0 atom stereocenters. The van der Waals surface area contributed by atoms with Gasteiger partial charge in [0.05, 0.1) is 17.6 Å². The molecule has 1 aromatic rings. The summed E-state index contributed by atoms with van der Waals surface area (Å²) in [6.45, 7) is 3.15. The van der Waals surface area contributed by atoms with Crippen molar-refractivity contribution < 1.29 is 4.79 Å². The molecule has 0 radical (unpaired) electrons. The number of anilines is 2. The largest absolute Gasteiger partial charge is 0.396 e. The fourth-order valence-corrected chi connectivity index (χ4v) is 0.694. The number of amides is 1. The van der Waals surface area contributed by atoms with E-state index in [1.807, 2.05) is 0 Å². The van der Waals surface area contributed by atoms with E-state index in [-0.39, 0.29) is 11.9 Å². The fourth-order valence-electron chi connectivity index (χ4n) is 0.694. The van der Waals surface area contributed by atoms with Crippen LogP contribution in [0, 0.1) is 6.92 Å². The van der Waals surface area contributed by atoms with Gasteiger partial charge in [-0.15, -0.1) is 0 Å². The lowest BCUT2D eigenvalue weighted by molar-refractivity contribution is -0.114. The number of aryl methyl sites for hydroxylation is 1. The summed E-state index contributed by atoms with van der Waals surface area (Å²) in [4.78, 5) is 18.3. The van der Waals surface area contributed by atoms with Crippen molar-refractivity contribution in [2.75, 3.05) is 11.1 Å². The van der Waals surface area contributed by atoms with Crippen molar-refractivity contribution in [3.8, 4) is 0 Å². The third-order valence-corrected chi connectivity index (χ3v) is 1.31. The Morgan fingerprint density at radius 2 is 2.33 bits per heavy atom. The number of rotatable bonds is 1. The molecule has 5 heteroatoms. The summed E-state index contributed by atoms with van der Waals surface area (Å²) in [5.41, 5.74) is 6.66. The van der Waals surface area contributed by atoms with Crippen LogP contribution in [0.15, 0.2) is 6.20 Å². The second-order valence-electron chi connectivity index (χ2n) is 2.42. The Morgan fingerprint density at radius 3 is 2.83 bits per heavy atom. The average molecular weight is 166 g/mol. The van der Waals surface area contributed by atoms with E-state index >= 15 is 0 Å². The van der Waals surface area contributed by atoms with Crippen molar-refractivity contribution in [3.63, 3.8) is 0 Å². The van der Waals surface area contributed by atoms with Crippen molar-refractivity contribution in [1.29, 1.82) is 0 Å². The van der Waals surface area contributed by atoms with Crippen LogP contribution < -0.4 is 11.1 Å². The smallest absolute Gasteiger partial charge is 0.229 e. The Kier molecular flexibility index (Phi) is 2.23. The maximum atomic E-state index is 10.6. The maximum Gasteiger partial charge on any atom is 0.229 e. The molecule has 0 spiro atoms. The molecule has 0 aliphatic carbocycles. The van der Waals surface area contributed by atoms with Gasteiger partial charge in [0.1, 0.15) is 0 Å². The van der Waals surface area contributed by atoms with E-state index < -0.39 is 0 Å². The van der Waals surface area contributed by atoms with Crippen molar-refractivity contribution in [1.82, 2.24) is 9.97 Å². The number of hydrogen-bond acceptors (Lipinski definition) is 4. The second-order valence-corrected chi connectivity index (χ2v) is 2.42. The molecule has 1 aromatic heterocycles. The Balaban J connectivity index is 2.89. The minimum atomic E-state index is -0.195. The van der Waals surface area contributed by atoms with Gasteiger partial charge in [0.25, 0.3) is 0 Å². The van der Waals surface area contributed by atoms with Crippen LogP contribution in [0.3, 0.4) is 0 Å². The van der Waals surface area contributed by atoms with Gasteiger partial charge in [-0.3, -0.25) is 10.1 Å². The van der Waals surface area contributed by atoms with Crippen LogP contribution in [-0.4, -0.2) is 15.9 Å². The summed E-state index contributed by atoms with van der Waals surface area (Å²) in [5.74, 6) is 0.0911. The number of nitrogens with zero attached hydrogens (tertiary/aromatic N) is 2. The first-order valence-corrected chi connectivity index (χ1v) is 3.46. The van der Waals surface area contributed by atoms with Crippen molar-refractivity contribution in [2.24, 2.45) is 0 Å². The van der Waals surface area contributed by atoms with Crippen molar-refractivity contribution in [2.45, 2.75) is 13.8 Å². The van der Waals surface area contributed by atoms with E-state index in [9.17, 15) is 4.79 Å². The number of nitrogens with one attached hydrogen (secondary N) is 1. The molecule has 12 heavy (non-hydrogen) atoms. The minimum Gasteiger partial charge on any atom is -0.396 e. The molecule has 0 saturated heterocycles. The number of carbonyl (C=O) groups is 1. The van der Waals surface area contributed by atoms with Gasteiger partial charge in [0.2, 0.25) is 11.9 Å². The van der Waals surface area contributed by atoms with Gasteiger partial charge >= 0.3 is 0 Å². The minimum absolute atomic E-state index is 0.195. The molecule has 1 amide bonds. The number of hydrogen-bond donors (Lipinski definition) is 2. The average Bonchev–Trinajstić information content (AvgIpc) is 1.96. The van der Waals surface area contributed by atoms with Gasteiger partial charge in [-0.25, -0.2) is 9.97 Å². The standard InChI is InChI=1S/C7H10N4O/c1-4-6(8)3-9-7(10-4)11-5(2)12/h3H,8H2,1-2H3,(H,9,10,11,12). The van der Waals surface area contributed by atoms with Crippen LogP contribution in [-0.2, 0) is 4.79 Å². The zero-order chi connectivity index (χ0) is 9.14. The Bertz CT molecular complexity index is 310. The van der Waals surface area contributed by atoms with E-state index in [1.165, 1.54) is 13.1 Å². The molecule has 0 aliphatic rings. The van der Waals surface area contributed by atoms with Gasteiger partial charge in [0.15, 0.2) is 0 Å². The quantitative estimate of drug-likeness (QED) is 0.629. The van der Waals surface area contributed by atoms with Gasteiger partial charge < -0.3 is 5.73 Å². The van der Waals surface area contributed by atoms with Crippen LogP contribution in [0.1, 0.15) is 12.6 Å². The summed E-state index contributed by atoms with van der Waals surface area (Å²) >= 11 is 0. The van der Waals surface area contributed by atoms with Gasteiger partial charge in [-0.05, 0) is 6.92 Å². The summed E-state index contributed by atoms with van der Waals surface area (Å²) in [6.07, 6.45) is 1.47. The highest BCUT2D eigenvalue weighted by Gasteiger charge is 2.00. The molecule has 0 bridgehead atoms. The third kappa shape index (κ3) is 1.91. The van der Waals surface area contributed by atoms with Crippen LogP contribution in [0.5, 0.6) is 0 Å². The predicted octanol–water partition coefficient (Wildman–Crippen LogP) is 0.326. The SMILES string of the molecule is CC(=O)Nc1ncc(N)c(C)n1. The molecular formula is C7H10N4O. The lowest BCUT2D eigenvalue weighted by Crippen LogP contribution is -2.10. The Morgan fingerprint density at radius 1 is 1.67 bits per heavy atom. The van der Waals surface area contributed by atoms with E-state index in [0.717, 1.165) is 0 Å². The lowest BCUT2D eigenvalue weighted by atomic mass is 10.4. The summed E-state index contributed by atoms with van der Waals surface area (Å²) < 4.78 is 0. The first-order chi connectivity index (χ1) is 5.59. The molecular weight excluding hydrogens is 156 g/mol. The first-order valence-electron chi connectivity index (χ1n) is 3.46. The Hall–Kier alpha value is -1.65. The lowest BCUT2D eigenvalue weighted by Gasteiger charge is -2.02. The molecule has 1 rings (SSSR count). The summed E-state index contributed by atoms with van der Waals surface area (Å²) in [6, 6.07) is 0. The molecule has 0 unspecified atom stereocenters. The molecule has 0 aromatic carbocycles. The topological polar surface area (TPSA) is 80.9 Å². The molecule has 0 saturated carbocycles. The van der Waals surface area contributed by atoms with Crippen molar-refractivity contribution in [3.05, 3.63) is 11.9 Å². The zero-order valence-corrected chi connectivity index (χ0v) is 6.96. The second kappa shape index (κ2) is 3.17. The van der Waals surface area contributed by atoms with Crippen LogP contribution in [0.25, 0.3) is 0 Å². The predicted molar refractivity (Wildman–Crippen MR) is 45.5 cm³/mol. The van der Waals surface area contributed by atoms with Gasteiger partial charge in [-0.2, -0.15) is 0 Å². The number of aromatic nitrogens is 2. The van der Waals surface area contributed by atoms with Crippen molar-refractivity contribution >= 4 is 17.5 Å². The highest BCUT2D eigenvalue weighted by Crippen LogP contribution is 2.07. The molecule has 5 nitrogen and oxygen atoms in total. The third-order valence-electron chi connectivity index (χ3n) is 1.31. The molecule has 0 aliphatic heterocycles. The molecule has 3 N–H and O–H groups in total. The number of carbonyl (C=O) groups excluding carboxylic acids is 1. The molecule has 0 fully saturated rings. The van der Waals surface area contributed by atoms with E-state index in [1.54, 1.807) is 6.92 Å². The molecule has 1 heterocycles. The van der Waals surface area contributed by atoms with Gasteiger partial charge in [0, 0.05) is 6.92 Å². The van der Waals surface area contributed by atoms with Gasteiger partial charge in [-0.1, -0.05) is 0 Å². The molecule has 64 valence electrons. The number of nitrogens with two attached hydrogens (primary N) is 1. The monoisotopic (exact) mass is 166 g/mol.